The van der Waals surface area contributed by atoms with E-state index in [0.717, 1.165) is 16.6 Å². The quantitative estimate of drug-likeness (QED) is 0.855. The van der Waals surface area contributed by atoms with Gasteiger partial charge in [-0.25, -0.2) is 9.97 Å². The van der Waals surface area contributed by atoms with Gasteiger partial charge in [-0.2, -0.15) is 0 Å². The highest BCUT2D eigenvalue weighted by molar-refractivity contribution is 7.98. The van der Waals surface area contributed by atoms with Gasteiger partial charge in [-0.1, -0.05) is 23.4 Å². The number of imidazole rings is 1. The number of rotatable bonds is 3. The maximum atomic E-state index is 5.89. The van der Waals surface area contributed by atoms with Gasteiger partial charge in [0.05, 0.1) is 28.9 Å². The van der Waals surface area contributed by atoms with Gasteiger partial charge in [-0.3, -0.25) is 0 Å². The van der Waals surface area contributed by atoms with Crippen molar-refractivity contribution in [3.05, 3.63) is 35.5 Å². The van der Waals surface area contributed by atoms with Crippen LogP contribution in [-0.4, -0.2) is 14.5 Å². The van der Waals surface area contributed by atoms with Gasteiger partial charge in [-0.05, 0) is 12.1 Å². The lowest BCUT2D eigenvalue weighted by Crippen LogP contribution is -1.96. The first kappa shape index (κ1) is 11.3. The SMILES string of the molecule is Cn1c(Cl)cnc1CSc1ccc(N)cn1. The number of hydrogen-bond acceptors (Lipinski definition) is 4. The predicted molar refractivity (Wildman–Crippen MR) is 66.4 cm³/mol. The van der Waals surface area contributed by atoms with Crippen molar-refractivity contribution in [1.29, 1.82) is 0 Å². The van der Waals surface area contributed by atoms with Gasteiger partial charge in [0.15, 0.2) is 0 Å². The smallest absolute Gasteiger partial charge is 0.128 e. The van der Waals surface area contributed by atoms with Crippen molar-refractivity contribution in [3.8, 4) is 0 Å². The Kier molecular flexibility index (Phi) is 3.36. The lowest BCUT2D eigenvalue weighted by atomic mass is 10.4. The van der Waals surface area contributed by atoms with E-state index in [2.05, 4.69) is 9.97 Å². The Bertz CT molecular complexity index is 480. The fraction of sp³-hybridized carbons (Fsp3) is 0.200. The number of pyridine rings is 1. The number of nitrogens with two attached hydrogens (primary N) is 1. The first-order valence-corrected chi connectivity index (χ1v) is 6.03. The maximum absolute atomic E-state index is 5.89. The second-order valence-corrected chi connectivity index (χ2v) is 4.66. The molecule has 2 heterocycles. The normalized spacial score (nSPS) is 10.6. The van der Waals surface area contributed by atoms with Crippen LogP contribution in [0.3, 0.4) is 0 Å². The van der Waals surface area contributed by atoms with Crippen LogP contribution in [0, 0.1) is 0 Å². The van der Waals surface area contributed by atoms with Crippen LogP contribution in [0.1, 0.15) is 5.82 Å². The highest BCUT2D eigenvalue weighted by Gasteiger charge is 2.05. The van der Waals surface area contributed by atoms with E-state index in [1.807, 2.05) is 23.7 Å². The first-order chi connectivity index (χ1) is 7.66. The Hall–Kier alpha value is -1.20. The molecule has 4 nitrogen and oxygen atoms in total. The molecular weight excluding hydrogens is 244 g/mol. The third kappa shape index (κ3) is 2.48. The zero-order valence-electron chi connectivity index (χ0n) is 8.72. The van der Waals surface area contributed by atoms with Crippen LogP contribution >= 0.6 is 23.4 Å². The Morgan fingerprint density at radius 1 is 1.38 bits per heavy atom. The van der Waals surface area contributed by atoms with Gasteiger partial charge in [0, 0.05) is 7.05 Å². The minimum absolute atomic E-state index is 0.640. The second kappa shape index (κ2) is 4.76. The Balaban J connectivity index is 2.02. The third-order valence-electron chi connectivity index (χ3n) is 2.14. The topological polar surface area (TPSA) is 56.7 Å². The molecule has 0 aliphatic rings. The molecule has 0 atom stereocenters. The van der Waals surface area contributed by atoms with E-state index in [1.165, 1.54) is 0 Å². The number of thioether (sulfide) groups is 1. The van der Waals surface area contributed by atoms with Crippen LogP contribution in [0.2, 0.25) is 5.15 Å². The average Bonchev–Trinajstić information content (AvgIpc) is 2.60. The summed E-state index contributed by atoms with van der Waals surface area (Å²) in [7, 11) is 1.89. The molecule has 0 aromatic carbocycles. The average molecular weight is 255 g/mol. The summed E-state index contributed by atoms with van der Waals surface area (Å²) in [5, 5.41) is 1.56. The van der Waals surface area contributed by atoms with E-state index in [0.29, 0.717) is 10.8 Å². The molecule has 6 heteroatoms. The van der Waals surface area contributed by atoms with E-state index in [4.69, 9.17) is 17.3 Å². The van der Waals surface area contributed by atoms with Crippen molar-refractivity contribution in [2.75, 3.05) is 5.73 Å². The summed E-state index contributed by atoms with van der Waals surface area (Å²) >= 11 is 7.49. The standard InChI is InChI=1S/C10H11ClN4S/c1-15-8(11)5-13-9(15)6-16-10-3-2-7(12)4-14-10/h2-5H,6,12H2,1H3. The molecular formula is C10H11ClN4S. The van der Waals surface area contributed by atoms with Crippen molar-refractivity contribution in [1.82, 2.24) is 14.5 Å². The monoisotopic (exact) mass is 254 g/mol. The number of nitrogen functional groups attached to an aromatic ring is 1. The highest BCUT2D eigenvalue weighted by atomic mass is 35.5. The van der Waals surface area contributed by atoms with Crippen molar-refractivity contribution < 1.29 is 0 Å². The maximum Gasteiger partial charge on any atom is 0.128 e. The third-order valence-corrected chi connectivity index (χ3v) is 3.43. The molecule has 0 aliphatic carbocycles. The zero-order chi connectivity index (χ0) is 11.5. The van der Waals surface area contributed by atoms with E-state index < -0.39 is 0 Å². The molecule has 0 amide bonds. The first-order valence-electron chi connectivity index (χ1n) is 4.67. The molecule has 16 heavy (non-hydrogen) atoms. The zero-order valence-corrected chi connectivity index (χ0v) is 10.3. The molecule has 0 fully saturated rings. The largest absolute Gasteiger partial charge is 0.397 e. The molecule has 2 aromatic rings. The lowest BCUT2D eigenvalue weighted by molar-refractivity contribution is 0.849. The fourth-order valence-electron chi connectivity index (χ4n) is 1.17. The van der Waals surface area contributed by atoms with Crippen molar-refractivity contribution >= 4 is 29.1 Å². The van der Waals surface area contributed by atoms with Crippen molar-refractivity contribution in [2.45, 2.75) is 10.8 Å². The van der Waals surface area contributed by atoms with E-state index in [1.54, 1.807) is 24.2 Å². The van der Waals surface area contributed by atoms with Crippen LogP contribution in [0.5, 0.6) is 0 Å². The predicted octanol–water partition coefficient (Wildman–Crippen LogP) is 2.34. The molecule has 84 valence electrons. The minimum atomic E-state index is 0.640. The summed E-state index contributed by atoms with van der Waals surface area (Å²) < 4.78 is 1.85. The molecule has 0 saturated heterocycles. The summed E-state index contributed by atoms with van der Waals surface area (Å²) in [5.74, 6) is 1.66. The van der Waals surface area contributed by atoms with Crippen LogP contribution in [0.25, 0.3) is 0 Å². The van der Waals surface area contributed by atoms with Gasteiger partial charge in [0.25, 0.3) is 0 Å². The molecule has 2 rings (SSSR count). The summed E-state index contributed by atoms with van der Waals surface area (Å²) in [6.45, 7) is 0. The Morgan fingerprint density at radius 3 is 2.75 bits per heavy atom. The van der Waals surface area contributed by atoms with Crippen LogP contribution in [-0.2, 0) is 12.8 Å². The number of aromatic nitrogens is 3. The van der Waals surface area contributed by atoms with Crippen LogP contribution < -0.4 is 5.73 Å². The van der Waals surface area contributed by atoms with Gasteiger partial charge >= 0.3 is 0 Å². The van der Waals surface area contributed by atoms with E-state index >= 15 is 0 Å². The lowest BCUT2D eigenvalue weighted by Gasteiger charge is -2.02. The number of hydrogen-bond donors (Lipinski definition) is 1. The second-order valence-electron chi connectivity index (χ2n) is 3.27. The summed E-state index contributed by atoms with van der Waals surface area (Å²) in [6.07, 6.45) is 3.29. The summed E-state index contributed by atoms with van der Waals surface area (Å²) in [4.78, 5) is 8.40. The summed E-state index contributed by atoms with van der Waals surface area (Å²) in [6, 6.07) is 3.73. The molecule has 0 aliphatic heterocycles. The molecule has 0 unspecified atom stereocenters. The van der Waals surface area contributed by atoms with Crippen molar-refractivity contribution in [3.63, 3.8) is 0 Å². The number of anilines is 1. The molecule has 0 radical (unpaired) electrons. The molecule has 0 spiro atoms. The van der Waals surface area contributed by atoms with Gasteiger partial charge in [-0.15, -0.1) is 0 Å². The number of halogens is 1. The van der Waals surface area contributed by atoms with E-state index in [9.17, 15) is 0 Å². The minimum Gasteiger partial charge on any atom is -0.397 e. The summed E-state index contributed by atoms with van der Waals surface area (Å²) in [5.41, 5.74) is 6.23. The van der Waals surface area contributed by atoms with Gasteiger partial charge < -0.3 is 10.3 Å². The van der Waals surface area contributed by atoms with Crippen LogP contribution in [0.4, 0.5) is 5.69 Å². The van der Waals surface area contributed by atoms with Gasteiger partial charge in [0.2, 0.25) is 0 Å². The highest BCUT2D eigenvalue weighted by Crippen LogP contribution is 2.21. The Labute approximate surface area is 103 Å². The van der Waals surface area contributed by atoms with Gasteiger partial charge in [0.1, 0.15) is 11.0 Å². The molecule has 0 bridgehead atoms. The fourth-order valence-corrected chi connectivity index (χ4v) is 2.16. The molecule has 2 N–H and O–H groups in total. The van der Waals surface area contributed by atoms with Crippen molar-refractivity contribution in [2.24, 2.45) is 7.05 Å². The molecule has 0 saturated carbocycles. The van der Waals surface area contributed by atoms with Crippen LogP contribution in [0.15, 0.2) is 29.6 Å². The van der Waals surface area contributed by atoms with E-state index in [-0.39, 0.29) is 0 Å². The number of nitrogens with zero attached hydrogens (tertiary/aromatic N) is 3. The molecule has 2 aromatic heterocycles. The Morgan fingerprint density at radius 2 is 2.19 bits per heavy atom.